The van der Waals surface area contributed by atoms with Crippen molar-refractivity contribution in [1.29, 1.82) is 0 Å². The van der Waals surface area contributed by atoms with E-state index < -0.39 is 42.9 Å². The first-order valence-electron chi connectivity index (χ1n) is 14.3. The molecule has 1 heterocycles. The van der Waals surface area contributed by atoms with E-state index in [1.165, 1.54) is 4.90 Å². The summed E-state index contributed by atoms with van der Waals surface area (Å²) >= 11 is 0. The summed E-state index contributed by atoms with van der Waals surface area (Å²) in [7, 11) is 0. The fourth-order valence-corrected chi connectivity index (χ4v) is 5.01. The van der Waals surface area contributed by atoms with Gasteiger partial charge in [-0.2, -0.15) is 0 Å². The maximum absolute atomic E-state index is 11.5. The Bertz CT molecular complexity index is 1090. The Hall–Kier alpha value is -2.67. The van der Waals surface area contributed by atoms with Gasteiger partial charge in [0.1, 0.15) is 18.8 Å². The third kappa shape index (κ3) is 16.5. The summed E-state index contributed by atoms with van der Waals surface area (Å²) < 4.78 is 6.00. The zero-order chi connectivity index (χ0) is 32.6. The van der Waals surface area contributed by atoms with Gasteiger partial charge in [0.15, 0.2) is 0 Å². The molecule has 0 aromatic heterocycles. The van der Waals surface area contributed by atoms with Gasteiger partial charge >= 0.3 is 69.8 Å². The Morgan fingerprint density at radius 3 is 1.44 bits per heavy atom. The maximum Gasteiger partial charge on any atom is 3.00 e. The Labute approximate surface area is 293 Å². The maximum atomic E-state index is 11.5. The van der Waals surface area contributed by atoms with Gasteiger partial charge in [0, 0.05) is 58.9 Å². The predicted molar refractivity (Wildman–Crippen MR) is 157 cm³/mol. The number of aliphatic carboxylic acids is 5. The van der Waals surface area contributed by atoms with Gasteiger partial charge < -0.3 is 40.1 Å². The summed E-state index contributed by atoms with van der Waals surface area (Å²) in [5, 5.41) is 46.7. The number of para-hydroxylation sites is 1. The molecule has 1 aromatic rings. The first-order valence-corrected chi connectivity index (χ1v) is 14.3. The first-order chi connectivity index (χ1) is 20.8. The number of benzene rings is 1. The minimum Gasteiger partial charge on any atom is -0.491 e. The predicted octanol–water partition coefficient (Wildman–Crippen LogP) is -0.785. The molecule has 1 aromatic carbocycles. The summed E-state index contributed by atoms with van der Waals surface area (Å²) in [6, 6.07) is 5.12. The third-order valence-electron chi connectivity index (χ3n) is 7.05. The smallest absolute Gasteiger partial charge is 0.491 e. The van der Waals surface area contributed by atoms with E-state index in [1.807, 2.05) is 0 Å². The fraction of sp³-hybridized carbons (Fsp3) is 0.607. The van der Waals surface area contributed by atoms with E-state index in [0.29, 0.717) is 82.3 Å². The van der Waals surface area contributed by atoms with E-state index in [0.717, 1.165) is 0 Å². The molecule has 1 fully saturated rings. The second-order valence-electron chi connectivity index (χ2n) is 10.6. The van der Waals surface area contributed by atoms with Crippen molar-refractivity contribution in [3.05, 3.63) is 23.8 Å². The Balaban J connectivity index is 0.0000101. The van der Waals surface area contributed by atoms with E-state index >= 15 is 0 Å². The molecule has 45 heavy (non-hydrogen) atoms. The summed E-state index contributed by atoms with van der Waals surface area (Å²) in [5.41, 5.74) is 1.04. The number of carboxylic acids is 5. The number of ether oxygens (including phenoxy) is 1. The van der Waals surface area contributed by atoms with Gasteiger partial charge in [-0.25, -0.2) is 0 Å². The molecule has 0 unspecified atom stereocenters. The van der Waals surface area contributed by atoms with Gasteiger partial charge in [-0.1, -0.05) is 12.1 Å². The molecule has 0 atom stereocenters. The number of carboxylic acid groups (broad SMARTS) is 5. The molecular formula is C28H43GdN5O11+3. The summed E-state index contributed by atoms with van der Waals surface area (Å²) in [4.78, 5) is 65.6. The zero-order valence-electron chi connectivity index (χ0n) is 25.3. The third-order valence-corrected chi connectivity index (χ3v) is 7.05. The number of aryl methyl sites for hydroxylation is 1. The molecule has 5 N–H and O–H groups in total. The van der Waals surface area contributed by atoms with Crippen molar-refractivity contribution in [2.45, 2.75) is 13.3 Å². The number of hydrogen-bond acceptors (Lipinski definition) is 11. The summed E-state index contributed by atoms with van der Waals surface area (Å²) in [6.45, 7) is 3.85. The number of anilines is 1. The molecular weight excluding hydrogens is 740 g/mol. The van der Waals surface area contributed by atoms with Crippen LogP contribution in [0, 0.1) is 46.9 Å². The van der Waals surface area contributed by atoms with Crippen LogP contribution in [0.5, 0.6) is 5.75 Å². The molecule has 2 rings (SSSR count). The van der Waals surface area contributed by atoms with Crippen molar-refractivity contribution in [2.75, 3.05) is 103 Å². The quantitative estimate of drug-likeness (QED) is 0.130. The van der Waals surface area contributed by atoms with Crippen LogP contribution in [0.1, 0.15) is 12.0 Å². The molecule has 0 bridgehead atoms. The molecule has 0 amide bonds. The number of nitrogens with zero attached hydrogens (tertiary/aromatic N) is 5. The Kier molecular flexibility index (Phi) is 19.0. The van der Waals surface area contributed by atoms with Crippen molar-refractivity contribution in [2.24, 2.45) is 0 Å². The van der Waals surface area contributed by atoms with Crippen LogP contribution >= 0.6 is 0 Å². The second kappa shape index (κ2) is 21.2. The molecule has 1 radical (unpaired) electrons. The van der Waals surface area contributed by atoms with E-state index in [1.54, 1.807) is 39.8 Å². The van der Waals surface area contributed by atoms with Gasteiger partial charge in [0.2, 0.25) is 0 Å². The number of carbonyl (C=O) groups is 5. The molecule has 16 nitrogen and oxygen atoms in total. The van der Waals surface area contributed by atoms with Crippen molar-refractivity contribution in [1.82, 2.24) is 19.6 Å². The fourth-order valence-electron chi connectivity index (χ4n) is 5.01. The SMILES string of the molecule is Cc1cccc(OCCCN2CCN(CC(=O)O)CCN(CC(=O)O)CCN(CC(=O)O)CC2)c1N(CC(=O)O)CC(=O)O.[Gd+3]. The van der Waals surface area contributed by atoms with Crippen molar-refractivity contribution in [3.8, 4) is 5.75 Å². The van der Waals surface area contributed by atoms with Crippen LogP contribution in [0.2, 0.25) is 0 Å². The van der Waals surface area contributed by atoms with Crippen LogP contribution in [-0.2, 0) is 24.0 Å². The van der Waals surface area contributed by atoms with Crippen molar-refractivity contribution < 1.29 is 94.2 Å². The van der Waals surface area contributed by atoms with Gasteiger partial charge in [-0.15, -0.1) is 0 Å². The number of rotatable bonds is 16. The van der Waals surface area contributed by atoms with Gasteiger partial charge in [0.05, 0.1) is 31.9 Å². The molecule has 0 saturated carbocycles. The topological polar surface area (TPSA) is 212 Å². The van der Waals surface area contributed by atoms with Gasteiger partial charge in [0.25, 0.3) is 0 Å². The average Bonchev–Trinajstić information content (AvgIpc) is 2.90. The molecule has 17 heteroatoms. The molecule has 1 aliphatic heterocycles. The second-order valence-corrected chi connectivity index (χ2v) is 10.6. The molecule has 0 spiro atoms. The van der Waals surface area contributed by atoms with E-state index in [-0.39, 0.29) is 66.2 Å². The zero-order valence-corrected chi connectivity index (χ0v) is 27.6. The van der Waals surface area contributed by atoms with E-state index in [4.69, 9.17) is 4.74 Å². The van der Waals surface area contributed by atoms with Crippen molar-refractivity contribution in [3.63, 3.8) is 0 Å². The molecule has 0 aliphatic carbocycles. The summed E-state index contributed by atoms with van der Waals surface area (Å²) in [5.74, 6) is -5.02. The first kappa shape index (κ1) is 40.4. The summed E-state index contributed by atoms with van der Waals surface area (Å²) in [6.07, 6.45) is 0.523. The van der Waals surface area contributed by atoms with Crippen LogP contribution < -0.4 is 9.64 Å². The molecule has 1 saturated heterocycles. The van der Waals surface area contributed by atoms with Crippen LogP contribution in [0.15, 0.2) is 18.2 Å². The van der Waals surface area contributed by atoms with Crippen LogP contribution in [0.4, 0.5) is 5.69 Å². The minimum atomic E-state index is -1.18. The standard InChI is InChI=1S/C28H43N5O11.Gd/c1-21-4-2-5-22(28(21)33(19-26(40)41)20-27(42)43)44-15-3-6-29-7-9-30(16-23(34)35)11-13-32(18-25(38)39)14-12-31(10-8-29)17-24(36)37;/h2,4-5H,3,6-20H2,1H3,(H,34,35)(H,36,37)(H,38,39)(H,40,41)(H,42,43);/q;+3. The van der Waals surface area contributed by atoms with Crippen LogP contribution in [0.3, 0.4) is 0 Å². The normalized spacial score (nSPS) is 16.0. The minimum absolute atomic E-state index is 0. The largest absolute Gasteiger partial charge is 3.00 e. The Morgan fingerprint density at radius 1 is 0.667 bits per heavy atom. The van der Waals surface area contributed by atoms with Gasteiger partial charge in [-0.3, -0.25) is 38.7 Å². The van der Waals surface area contributed by atoms with Crippen molar-refractivity contribution >= 4 is 35.5 Å². The monoisotopic (exact) mass is 783 g/mol. The van der Waals surface area contributed by atoms with Crippen LogP contribution in [-0.4, -0.2) is 173 Å². The average molecular weight is 783 g/mol. The van der Waals surface area contributed by atoms with E-state index in [2.05, 4.69) is 4.90 Å². The number of hydrogen-bond donors (Lipinski definition) is 5. The molecule has 1 aliphatic rings. The van der Waals surface area contributed by atoms with E-state index in [9.17, 15) is 49.5 Å². The Morgan fingerprint density at radius 2 is 1.07 bits per heavy atom. The molecule has 251 valence electrons. The van der Waals surface area contributed by atoms with Gasteiger partial charge in [-0.05, 0) is 25.0 Å². The van der Waals surface area contributed by atoms with Crippen LogP contribution in [0.25, 0.3) is 0 Å².